The summed E-state index contributed by atoms with van der Waals surface area (Å²) in [5.41, 5.74) is 2.43. The molecule has 1 aliphatic heterocycles. The summed E-state index contributed by atoms with van der Waals surface area (Å²) in [4.78, 5) is 2.27. The number of hydrogen-bond acceptors (Lipinski definition) is 3. The van der Waals surface area contributed by atoms with Crippen LogP contribution >= 0.6 is 11.8 Å². The zero-order valence-corrected chi connectivity index (χ0v) is 10.00. The van der Waals surface area contributed by atoms with Gasteiger partial charge in [0.15, 0.2) is 11.5 Å². The number of hydrogen-bond donors (Lipinski definition) is 2. The highest BCUT2D eigenvalue weighted by molar-refractivity contribution is 7.99. The summed E-state index contributed by atoms with van der Waals surface area (Å²) in [6.07, 6.45) is 1.87. The molecule has 86 valence electrons. The van der Waals surface area contributed by atoms with Gasteiger partial charge in [-0.25, -0.2) is 0 Å². The lowest BCUT2D eigenvalue weighted by Gasteiger charge is -2.07. The largest absolute Gasteiger partial charge is 0.504 e. The van der Waals surface area contributed by atoms with E-state index < -0.39 is 0 Å². The van der Waals surface area contributed by atoms with Gasteiger partial charge in [-0.3, -0.25) is 0 Å². The molecule has 0 bridgehead atoms. The van der Waals surface area contributed by atoms with Crippen LogP contribution in [0.3, 0.4) is 0 Å². The van der Waals surface area contributed by atoms with Crippen LogP contribution in [0.1, 0.15) is 11.1 Å². The maximum Gasteiger partial charge on any atom is 0.158 e. The Morgan fingerprint density at radius 2 is 1.53 bits per heavy atom. The quantitative estimate of drug-likeness (QED) is 0.698. The van der Waals surface area contributed by atoms with Crippen molar-refractivity contribution in [3.63, 3.8) is 0 Å². The second kappa shape index (κ2) is 4.00. The first-order valence-corrected chi connectivity index (χ1v) is 6.36. The Morgan fingerprint density at radius 1 is 0.824 bits per heavy atom. The molecule has 1 heterocycles. The third-order valence-electron chi connectivity index (χ3n) is 3.01. The third-order valence-corrected chi connectivity index (χ3v) is 4.23. The van der Waals surface area contributed by atoms with Crippen LogP contribution in [0, 0.1) is 0 Å². The molecule has 0 aromatic heterocycles. The molecule has 2 aromatic rings. The average molecular weight is 244 g/mol. The molecular formula is C14H12O2S. The molecule has 0 fully saturated rings. The molecule has 0 atom stereocenters. The molecule has 0 spiro atoms. The number of phenols is 2. The highest BCUT2D eigenvalue weighted by Gasteiger charge is 2.15. The zero-order chi connectivity index (χ0) is 11.8. The average Bonchev–Trinajstić information content (AvgIpc) is 2.49. The van der Waals surface area contributed by atoms with Crippen molar-refractivity contribution in [2.75, 3.05) is 0 Å². The fourth-order valence-corrected chi connectivity index (χ4v) is 3.24. The topological polar surface area (TPSA) is 40.5 Å². The van der Waals surface area contributed by atoms with E-state index >= 15 is 0 Å². The summed E-state index contributed by atoms with van der Waals surface area (Å²) in [5, 5.41) is 19.1. The Bertz CT molecular complexity index is 578. The van der Waals surface area contributed by atoms with Gasteiger partial charge in [-0.2, -0.15) is 0 Å². The second-order valence-corrected chi connectivity index (χ2v) is 5.24. The zero-order valence-electron chi connectivity index (χ0n) is 9.18. The van der Waals surface area contributed by atoms with Gasteiger partial charge in [-0.05, 0) is 42.2 Å². The molecule has 0 amide bonds. The SMILES string of the molecule is Oc1cc2c(cc1O)Sc1ccccc1CC2. The smallest absolute Gasteiger partial charge is 0.158 e. The summed E-state index contributed by atoms with van der Waals surface area (Å²) < 4.78 is 0. The van der Waals surface area contributed by atoms with Crippen molar-refractivity contribution >= 4 is 11.8 Å². The van der Waals surface area contributed by atoms with E-state index in [0.717, 1.165) is 23.3 Å². The van der Waals surface area contributed by atoms with E-state index in [0.29, 0.717) is 0 Å². The first-order chi connectivity index (χ1) is 8.24. The Kier molecular flexibility index (Phi) is 2.48. The van der Waals surface area contributed by atoms with Crippen LogP contribution in [0.25, 0.3) is 0 Å². The highest BCUT2D eigenvalue weighted by Crippen LogP contribution is 2.41. The van der Waals surface area contributed by atoms with Gasteiger partial charge in [0.05, 0.1) is 0 Å². The summed E-state index contributed by atoms with van der Waals surface area (Å²) >= 11 is 1.66. The lowest BCUT2D eigenvalue weighted by molar-refractivity contribution is 0.401. The van der Waals surface area contributed by atoms with E-state index in [4.69, 9.17) is 0 Å². The predicted molar refractivity (Wildman–Crippen MR) is 67.7 cm³/mol. The van der Waals surface area contributed by atoms with E-state index in [9.17, 15) is 10.2 Å². The van der Waals surface area contributed by atoms with Crippen molar-refractivity contribution < 1.29 is 10.2 Å². The molecule has 0 saturated heterocycles. The Morgan fingerprint density at radius 3 is 2.41 bits per heavy atom. The van der Waals surface area contributed by atoms with E-state index in [-0.39, 0.29) is 11.5 Å². The molecule has 1 aliphatic rings. The second-order valence-electron chi connectivity index (χ2n) is 4.16. The molecular weight excluding hydrogens is 232 g/mol. The number of rotatable bonds is 0. The summed E-state index contributed by atoms with van der Waals surface area (Å²) in [6.45, 7) is 0. The first-order valence-electron chi connectivity index (χ1n) is 5.54. The van der Waals surface area contributed by atoms with Gasteiger partial charge >= 0.3 is 0 Å². The molecule has 2 N–H and O–H groups in total. The molecule has 2 nitrogen and oxygen atoms in total. The Labute approximate surface area is 104 Å². The van der Waals surface area contributed by atoms with Crippen molar-refractivity contribution in [3.05, 3.63) is 47.5 Å². The Balaban J connectivity index is 2.11. The normalized spacial score (nSPS) is 13.6. The first kappa shape index (κ1) is 10.5. The highest BCUT2D eigenvalue weighted by atomic mass is 32.2. The predicted octanol–water partition coefficient (Wildman–Crippen LogP) is 3.35. The van der Waals surface area contributed by atoms with Crippen molar-refractivity contribution in [1.29, 1.82) is 0 Å². The van der Waals surface area contributed by atoms with Crippen molar-refractivity contribution in [1.82, 2.24) is 0 Å². The van der Waals surface area contributed by atoms with Gasteiger partial charge < -0.3 is 10.2 Å². The summed E-state index contributed by atoms with van der Waals surface area (Å²) in [7, 11) is 0. The molecule has 0 aliphatic carbocycles. The number of benzene rings is 2. The van der Waals surface area contributed by atoms with E-state index in [1.165, 1.54) is 10.5 Å². The lowest BCUT2D eigenvalue weighted by Crippen LogP contribution is -1.90. The molecule has 3 rings (SSSR count). The van der Waals surface area contributed by atoms with Gasteiger partial charge in [0.1, 0.15) is 0 Å². The molecule has 0 saturated carbocycles. The number of phenolic OH excluding ortho intramolecular Hbond substituents is 2. The maximum atomic E-state index is 9.55. The van der Waals surface area contributed by atoms with E-state index in [2.05, 4.69) is 12.1 Å². The minimum Gasteiger partial charge on any atom is -0.504 e. The van der Waals surface area contributed by atoms with Crippen molar-refractivity contribution in [3.8, 4) is 11.5 Å². The van der Waals surface area contributed by atoms with Crippen molar-refractivity contribution in [2.24, 2.45) is 0 Å². The van der Waals surface area contributed by atoms with Gasteiger partial charge in [0, 0.05) is 9.79 Å². The third kappa shape index (κ3) is 1.87. The van der Waals surface area contributed by atoms with Crippen LogP contribution in [0.2, 0.25) is 0 Å². The lowest BCUT2D eigenvalue weighted by atomic mass is 10.0. The molecule has 0 radical (unpaired) electrons. The van der Waals surface area contributed by atoms with Crippen LogP contribution in [-0.2, 0) is 12.8 Å². The standard InChI is InChI=1S/C14H12O2S/c15-11-7-10-6-5-9-3-1-2-4-13(9)17-14(10)8-12(11)16/h1-4,7-8,15-16H,5-6H2. The Hall–Kier alpha value is -1.61. The van der Waals surface area contributed by atoms with Crippen LogP contribution in [0.15, 0.2) is 46.2 Å². The minimum atomic E-state index is -0.0457. The van der Waals surface area contributed by atoms with Crippen LogP contribution in [-0.4, -0.2) is 10.2 Å². The van der Waals surface area contributed by atoms with Crippen LogP contribution in [0.4, 0.5) is 0 Å². The van der Waals surface area contributed by atoms with Crippen molar-refractivity contribution in [2.45, 2.75) is 22.6 Å². The molecule has 0 unspecified atom stereocenters. The molecule has 3 heteroatoms. The monoisotopic (exact) mass is 244 g/mol. The van der Waals surface area contributed by atoms with E-state index in [1.807, 2.05) is 12.1 Å². The fraction of sp³-hybridized carbons (Fsp3) is 0.143. The van der Waals surface area contributed by atoms with Gasteiger partial charge in [-0.15, -0.1) is 0 Å². The number of aromatic hydroxyl groups is 2. The molecule has 2 aromatic carbocycles. The minimum absolute atomic E-state index is 0.0321. The molecule has 17 heavy (non-hydrogen) atoms. The number of fused-ring (bicyclic) bond motifs is 2. The van der Waals surface area contributed by atoms with E-state index in [1.54, 1.807) is 23.9 Å². The van der Waals surface area contributed by atoms with Crippen LogP contribution < -0.4 is 0 Å². The van der Waals surface area contributed by atoms with Gasteiger partial charge in [0.2, 0.25) is 0 Å². The summed E-state index contributed by atoms with van der Waals surface area (Å²) in [5.74, 6) is -0.0778. The fourth-order valence-electron chi connectivity index (χ4n) is 2.09. The summed E-state index contributed by atoms with van der Waals surface area (Å²) in [6, 6.07) is 11.6. The van der Waals surface area contributed by atoms with Crippen LogP contribution in [0.5, 0.6) is 11.5 Å². The van der Waals surface area contributed by atoms with Gasteiger partial charge in [-0.1, -0.05) is 30.0 Å². The number of aryl methyl sites for hydroxylation is 2. The van der Waals surface area contributed by atoms with Gasteiger partial charge in [0.25, 0.3) is 0 Å². The maximum absolute atomic E-state index is 9.55.